The average Bonchev–Trinajstić information content (AvgIpc) is 3.04. The summed E-state index contributed by atoms with van der Waals surface area (Å²) in [5.74, 6) is -1.41. The van der Waals surface area contributed by atoms with Gasteiger partial charge in [0, 0.05) is 18.6 Å². The Labute approximate surface area is 122 Å². The third kappa shape index (κ3) is 3.09. The largest absolute Gasteiger partial charge is 0.476 e. The number of aliphatic hydroxyl groups excluding tert-OH is 1. The maximum atomic E-state index is 12.3. The molecular weight excluding hydrogens is 298 g/mol. The van der Waals surface area contributed by atoms with Crippen LogP contribution in [0.5, 0.6) is 0 Å². The summed E-state index contributed by atoms with van der Waals surface area (Å²) < 4.78 is 27.1. The number of aromatic carboxylic acids is 1. The standard InChI is InChI=1S/C12H19N3O5S/c1-8-10(9(11(17)18)15-14-8)21(19,20)13-6-12(7-16)4-2-3-5-12/h13,16H,2-7H2,1H3,(H,14,15)(H,17,18). The molecule has 0 amide bonds. The molecule has 0 atom stereocenters. The SMILES string of the molecule is Cc1[nH]nc(C(=O)O)c1S(=O)(=O)NCC1(CO)CCCC1. The molecule has 21 heavy (non-hydrogen) atoms. The topological polar surface area (TPSA) is 132 Å². The van der Waals surface area contributed by atoms with Crippen molar-refractivity contribution in [2.45, 2.75) is 37.5 Å². The zero-order valence-electron chi connectivity index (χ0n) is 11.7. The van der Waals surface area contributed by atoms with Crippen LogP contribution in [0.15, 0.2) is 4.90 Å². The fraction of sp³-hybridized carbons (Fsp3) is 0.667. The number of H-pyrrole nitrogens is 1. The van der Waals surface area contributed by atoms with E-state index in [1.165, 1.54) is 6.92 Å². The summed E-state index contributed by atoms with van der Waals surface area (Å²) in [4.78, 5) is 10.7. The van der Waals surface area contributed by atoms with E-state index in [2.05, 4.69) is 14.9 Å². The molecule has 1 aromatic heterocycles. The van der Waals surface area contributed by atoms with Crippen LogP contribution in [0.4, 0.5) is 0 Å². The number of aromatic amines is 1. The second kappa shape index (κ2) is 5.74. The number of aryl methyl sites for hydroxylation is 1. The monoisotopic (exact) mass is 317 g/mol. The molecule has 8 nitrogen and oxygen atoms in total. The minimum absolute atomic E-state index is 0.0916. The van der Waals surface area contributed by atoms with Gasteiger partial charge in [-0.25, -0.2) is 17.9 Å². The molecule has 1 aliphatic carbocycles. The Hall–Kier alpha value is -1.45. The van der Waals surface area contributed by atoms with Gasteiger partial charge in [-0.05, 0) is 19.8 Å². The first-order chi connectivity index (χ1) is 9.81. The molecule has 1 aromatic rings. The number of rotatable bonds is 6. The van der Waals surface area contributed by atoms with Crippen molar-refractivity contribution < 1.29 is 23.4 Å². The molecule has 0 unspecified atom stereocenters. The Morgan fingerprint density at radius 1 is 1.43 bits per heavy atom. The van der Waals surface area contributed by atoms with Crippen molar-refractivity contribution in [2.24, 2.45) is 5.41 Å². The highest BCUT2D eigenvalue weighted by atomic mass is 32.2. The van der Waals surface area contributed by atoms with Gasteiger partial charge in [-0.15, -0.1) is 0 Å². The predicted octanol–water partition coefficient (Wildman–Crippen LogP) is 0.247. The van der Waals surface area contributed by atoms with Crippen LogP contribution in [0.25, 0.3) is 0 Å². The van der Waals surface area contributed by atoms with Crippen LogP contribution in [0.1, 0.15) is 41.9 Å². The Morgan fingerprint density at radius 3 is 2.57 bits per heavy atom. The second-order valence-corrected chi connectivity index (χ2v) is 7.23. The maximum absolute atomic E-state index is 12.3. The number of carboxylic acid groups (broad SMARTS) is 1. The van der Waals surface area contributed by atoms with E-state index in [0.717, 1.165) is 25.7 Å². The Bertz CT molecular complexity index is 631. The van der Waals surface area contributed by atoms with Gasteiger partial charge in [0.15, 0.2) is 5.69 Å². The lowest BCUT2D eigenvalue weighted by Crippen LogP contribution is -2.38. The van der Waals surface area contributed by atoms with E-state index in [4.69, 9.17) is 5.11 Å². The summed E-state index contributed by atoms with van der Waals surface area (Å²) in [7, 11) is -3.99. The lowest BCUT2D eigenvalue weighted by atomic mass is 9.88. The number of aromatic nitrogens is 2. The van der Waals surface area contributed by atoms with Gasteiger partial charge in [0.25, 0.3) is 0 Å². The Kier molecular flexibility index (Phi) is 4.35. The first-order valence-electron chi connectivity index (χ1n) is 6.70. The van der Waals surface area contributed by atoms with Crippen LogP contribution in [-0.2, 0) is 10.0 Å². The van der Waals surface area contributed by atoms with Crippen molar-refractivity contribution in [3.8, 4) is 0 Å². The van der Waals surface area contributed by atoms with Gasteiger partial charge in [0.05, 0.1) is 5.69 Å². The highest BCUT2D eigenvalue weighted by Gasteiger charge is 2.36. The molecule has 0 spiro atoms. The van der Waals surface area contributed by atoms with Crippen LogP contribution in [0.3, 0.4) is 0 Å². The van der Waals surface area contributed by atoms with E-state index < -0.39 is 27.1 Å². The van der Waals surface area contributed by atoms with Crippen molar-refractivity contribution in [1.29, 1.82) is 0 Å². The number of nitrogens with zero attached hydrogens (tertiary/aromatic N) is 1. The first kappa shape index (κ1) is 15.9. The average molecular weight is 317 g/mol. The normalized spacial score (nSPS) is 18.0. The number of carbonyl (C=O) groups is 1. The molecule has 1 saturated carbocycles. The zero-order valence-corrected chi connectivity index (χ0v) is 12.5. The molecule has 1 fully saturated rings. The number of sulfonamides is 1. The van der Waals surface area contributed by atoms with Gasteiger partial charge in [0.2, 0.25) is 10.0 Å². The van der Waals surface area contributed by atoms with E-state index in [1.54, 1.807) is 0 Å². The van der Waals surface area contributed by atoms with Crippen LogP contribution >= 0.6 is 0 Å². The summed E-state index contributed by atoms with van der Waals surface area (Å²) in [5.41, 5.74) is -0.803. The molecule has 0 aromatic carbocycles. The first-order valence-corrected chi connectivity index (χ1v) is 8.18. The molecule has 118 valence electrons. The summed E-state index contributed by atoms with van der Waals surface area (Å²) in [6.07, 6.45) is 3.41. The molecule has 0 aliphatic heterocycles. The van der Waals surface area contributed by atoms with Crippen LogP contribution in [0, 0.1) is 12.3 Å². The lowest BCUT2D eigenvalue weighted by Gasteiger charge is -2.26. The van der Waals surface area contributed by atoms with Gasteiger partial charge < -0.3 is 10.2 Å². The van der Waals surface area contributed by atoms with E-state index >= 15 is 0 Å². The predicted molar refractivity (Wildman–Crippen MR) is 73.5 cm³/mol. The van der Waals surface area contributed by atoms with Crippen molar-refractivity contribution in [3.05, 3.63) is 11.4 Å². The van der Waals surface area contributed by atoms with Crippen molar-refractivity contribution >= 4 is 16.0 Å². The van der Waals surface area contributed by atoms with Gasteiger partial charge >= 0.3 is 5.97 Å². The van der Waals surface area contributed by atoms with Crippen LogP contribution in [0.2, 0.25) is 0 Å². The summed E-state index contributed by atoms with van der Waals surface area (Å²) in [6, 6.07) is 0. The quantitative estimate of drug-likeness (QED) is 0.594. The molecule has 2 rings (SSSR count). The second-order valence-electron chi connectivity index (χ2n) is 5.52. The third-order valence-corrected chi connectivity index (χ3v) is 5.56. The van der Waals surface area contributed by atoms with Gasteiger partial charge in [0.1, 0.15) is 4.90 Å². The third-order valence-electron chi connectivity index (χ3n) is 4.00. The smallest absolute Gasteiger partial charge is 0.357 e. The molecule has 4 N–H and O–H groups in total. The molecule has 0 saturated heterocycles. The number of aliphatic hydroxyl groups is 1. The van der Waals surface area contributed by atoms with Gasteiger partial charge in [-0.1, -0.05) is 12.8 Å². The van der Waals surface area contributed by atoms with Gasteiger partial charge in [-0.3, -0.25) is 5.10 Å². The highest BCUT2D eigenvalue weighted by Crippen LogP contribution is 2.37. The van der Waals surface area contributed by atoms with E-state index in [9.17, 15) is 18.3 Å². The Morgan fingerprint density at radius 2 is 2.05 bits per heavy atom. The molecule has 1 heterocycles. The maximum Gasteiger partial charge on any atom is 0.357 e. The summed E-state index contributed by atoms with van der Waals surface area (Å²) >= 11 is 0. The number of hydrogen-bond acceptors (Lipinski definition) is 5. The summed E-state index contributed by atoms with van der Waals surface area (Å²) in [5, 5.41) is 24.4. The molecular formula is C12H19N3O5S. The fourth-order valence-corrected chi connectivity index (χ4v) is 4.21. The van der Waals surface area contributed by atoms with Crippen molar-refractivity contribution in [2.75, 3.05) is 13.2 Å². The molecule has 1 aliphatic rings. The zero-order chi connectivity index (χ0) is 15.7. The number of nitrogens with one attached hydrogen (secondary N) is 2. The van der Waals surface area contributed by atoms with E-state index in [1.807, 2.05) is 0 Å². The minimum Gasteiger partial charge on any atom is -0.476 e. The summed E-state index contributed by atoms with van der Waals surface area (Å²) in [6.45, 7) is 1.45. The minimum atomic E-state index is -3.99. The van der Waals surface area contributed by atoms with Crippen LogP contribution < -0.4 is 4.72 Å². The highest BCUT2D eigenvalue weighted by molar-refractivity contribution is 7.89. The van der Waals surface area contributed by atoms with Crippen molar-refractivity contribution in [3.63, 3.8) is 0 Å². The Balaban J connectivity index is 2.23. The fourth-order valence-electron chi connectivity index (χ4n) is 2.73. The molecule has 0 radical (unpaired) electrons. The van der Waals surface area contributed by atoms with E-state index in [0.29, 0.717) is 0 Å². The molecule has 9 heteroatoms. The lowest BCUT2D eigenvalue weighted by molar-refractivity contribution is 0.0686. The number of carboxylic acids is 1. The van der Waals surface area contributed by atoms with E-state index in [-0.39, 0.29) is 23.7 Å². The van der Waals surface area contributed by atoms with Crippen LogP contribution in [-0.4, -0.2) is 47.9 Å². The number of hydrogen-bond donors (Lipinski definition) is 4. The van der Waals surface area contributed by atoms with Gasteiger partial charge in [-0.2, -0.15) is 5.10 Å². The van der Waals surface area contributed by atoms with Crippen molar-refractivity contribution in [1.82, 2.24) is 14.9 Å². The molecule has 0 bridgehead atoms.